The van der Waals surface area contributed by atoms with Gasteiger partial charge in [0.15, 0.2) is 0 Å². The van der Waals surface area contributed by atoms with Gasteiger partial charge in [0, 0.05) is 0 Å². The largest absolute Gasteiger partial charge is 0.483 e. The van der Waals surface area contributed by atoms with Crippen LogP contribution in [0.25, 0.3) is 0 Å². The van der Waals surface area contributed by atoms with Crippen LogP contribution in [-0.4, -0.2) is 34.4 Å². The molecule has 5 nitrogen and oxygen atoms in total. The second-order valence-corrected chi connectivity index (χ2v) is 3.84. The summed E-state index contributed by atoms with van der Waals surface area (Å²) in [4.78, 5) is 16.7. The van der Waals surface area contributed by atoms with Crippen molar-refractivity contribution < 1.29 is 24.9 Å². The molecule has 0 aliphatic heterocycles. The number of rotatable bonds is 0. The van der Waals surface area contributed by atoms with E-state index in [2.05, 4.69) is 0 Å². The molecule has 3 N–H and O–H groups in total. The van der Waals surface area contributed by atoms with Gasteiger partial charge in [0.1, 0.15) is 0 Å². The summed E-state index contributed by atoms with van der Waals surface area (Å²) in [5.41, 5.74) is 0. The van der Waals surface area contributed by atoms with Crippen LogP contribution in [-0.2, 0) is 9.59 Å². The zero-order valence-corrected chi connectivity index (χ0v) is 7.61. The summed E-state index contributed by atoms with van der Waals surface area (Å²) in [6, 6.07) is 0. The molecule has 0 aromatic carbocycles. The molecule has 4 saturated carbocycles. The summed E-state index contributed by atoms with van der Waals surface area (Å²) >= 11 is 0. The molecule has 0 spiro atoms. The minimum atomic E-state index is -0.250. The molecule has 0 aromatic rings. The number of hydrogen-bond acceptors (Lipinski definition) is 3. The Labute approximate surface area is 81.4 Å². The number of carbonyl (C=O) groups is 2. The summed E-state index contributed by atoms with van der Waals surface area (Å²) in [5.74, 6) is 3.47. The molecule has 3 atom stereocenters. The van der Waals surface area contributed by atoms with Crippen LogP contribution in [0.1, 0.15) is 12.8 Å². The summed E-state index contributed by atoms with van der Waals surface area (Å²) in [7, 11) is 0. The van der Waals surface area contributed by atoms with Crippen LogP contribution in [0.5, 0.6) is 0 Å². The van der Waals surface area contributed by atoms with Gasteiger partial charge in [-0.3, -0.25) is 9.59 Å². The SMILES string of the molecule is O=CO.O=CO.OC1C2CC3C(C2)C13. The normalized spacial score (nSPS) is 43.9. The van der Waals surface area contributed by atoms with Crippen molar-refractivity contribution in [3.8, 4) is 0 Å². The van der Waals surface area contributed by atoms with Crippen LogP contribution >= 0.6 is 0 Å². The Morgan fingerprint density at radius 3 is 1.43 bits per heavy atom. The van der Waals surface area contributed by atoms with Crippen molar-refractivity contribution in [1.29, 1.82) is 0 Å². The predicted octanol–water partition coefficient (Wildman–Crippen LogP) is 0.0347. The summed E-state index contributed by atoms with van der Waals surface area (Å²) in [6.45, 7) is -0.500. The lowest BCUT2D eigenvalue weighted by Crippen LogP contribution is -2.09. The zero-order chi connectivity index (χ0) is 10.7. The fraction of sp³-hybridized carbons (Fsp3) is 0.778. The number of hydrogen-bond donors (Lipinski definition) is 3. The van der Waals surface area contributed by atoms with E-state index in [4.69, 9.17) is 19.8 Å². The van der Waals surface area contributed by atoms with Crippen molar-refractivity contribution >= 4 is 12.9 Å². The minimum absolute atomic E-state index is 0.130. The highest BCUT2D eigenvalue weighted by Crippen LogP contribution is 2.70. The van der Waals surface area contributed by atoms with Crippen LogP contribution in [0.3, 0.4) is 0 Å². The van der Waals surface area contributed by atoms with E-state index in [9.17, 15) is 5.11 Å². The fourth-order valence-electron chi connectivity index (χ4n) is 3.03. The topological polar surface area (TPSA) is 94.8 Å². The van der Waals surface area contributed by atoms with Gasteiger partial charge in [0.2, 0.25) is 0 Å². The first-order valence-corrected chi connectivity index (χ1v) is 4.55. The molecule has 0 radical (unpaired) electrons. The van der Waals surface area contributed by atoms with Gasteiger partial charge in [-0.15, -0.1) is 0 Å². The summed E-state index contributed by atoms with van der Waals surface area (Å²) < 4.78 is 0. The van der Waals surface area contributed by atoms with E-state index < -0.39 is 0 Å². The lowest BCUT2D eigenvalue weighted by atomic mass is 10.1. The van der Waals surface area contributed by atoms with Crippen LogP contribution in [0, 0.1) is 23.7 Å². The second kappa shape index (κ2) is 4.41. The maximum Gasteiger partial charge on any atom is 0.290 e. The molecule has 0 amide bonds. The van der Waals surface area contributed by atoms with Crippen molar-refractivity contribution in [3.63, 3.8) is 0 Å². The highest BCUT2D eigenvalue weighted by Gasteiger charge is 2.68. The fourth-order valence-corrected chi connectivity index (χ4v) is 3.03. The van der Waals surface area contributed by atoms with E-state index in [-0.39, 0.29) is 19.0 Å². The van der Waals surface area contributed by atoms with E-state index in [1.807, 2.05) is 0 Å². The van der Waals surface area contributed by atoms with Gasteiger partial charge in [-0.25, -0.2) is 0 Å². The van der Waals surface area contributed by atoms with Crippen LogP contribution in [0.15, 0.2) is 0 Å². The predicted molar refractivity (Wildman–Crippen MR) is 46.6 cm³/mol. The van der Waals surface area contributed by atoms with Crippen molar-refractivity contribution in [2.75, 3.05) is 0 Å². The van der Waals surface area contributed by atoms with Crippen LogP contribution < -0.4 is 0 Å². The molecule has 14 heavy (non-hydrogen) atoms. The van der Waals surface area contributed by atoms with Gasteiger partial charge in [-0.2, -0.15) is 0 Å². The highest BCUT2D eigenvalue weighted by atomic mass is 16.3. The van der Waals surface area contributed by atoms with Gasteiger partial charge in [-0.1, -0.05) is 0 Å². The Balaban J connectivity index is 0.000000142. The third-order valence-corrected chi connectivity index (χ3v) is 3.43. The average molecular weight is 202 g/mol. The quantitative estimate of drug-likeness (QED) is 0.482. The Hall–Kier alpha value is -1.10. The molecular formula is C9H14O5. The van der Waals surface area contributed by atoms with E-state index in [0.29, 0.717) is 0 Å². The first-order valence-electron chi connectivity index (χ1n) is 4.55. The zero-order valence-electron chi connectivity index (χ0n) is 7.61. The molecule has 0 saturated heterocycles. The Morgan fingerprint density at radius 2 is 1.36 bits per heavy atom. The summed E-state index contributed by atoms with van der Waals surface area (Å²) in [6.07, 6.45) is 2.84. The number of carboxylic acid groups (broad SMARTS) is 2. The van der Waals surface area contributed by atoms with Crippen LogP contribution in [0.2, 0.25) is 0 Å². The minimum Gasteiger partial charge on any atom is -0.483 e. The molecule has 4 fully saturated rings. The molecule has 4 aliphatic carbocycles. The van der Waals surface area contributed by atoms with Crippen LogP contribution in [0.4, 0.5) is 0 Å². The van der Waals surface area contributed by atoms with E-state index >= 15 is 0 Å². The van der Waals surface area contributed by atoms with Gasteiger partial charge in [0.05, 0.1) is 6.10 Å². The Kier molecular flexibility index (Phi) is 3.46. The molecule has 0 heterocycles. The third-order valence-electron chi connectivity index (χ3n) is 3.43. The number of aliphatic hydroxyl groups is 1. The first kappa shape index (κ1) is 11.0. The Bertz CT molecular complexity index is 197. The van der Waals surface area contributed by atoms with Gasteiger partial charge >= 0.3 is 0 Å². The molecule has 5 heteroatoms. The maximum absolute atomic E-state index is 9.35. The van der Waals surface area contributed by atoms with Crippen molar-refractivity contribution in [1.82, 2.24) is 0 Å². The third kappa shape index (κ3) is 1.72. The standard InChI is InChI=1S/C7H10O.2CH2O2/c8-7-3-1-4-5(2-3)6(4)7;2*2-1-3/h3-8H,1-2H2;2*1H,(H,2,3). The smallest absolute Gasteiger partial charge is 0.290 e. The van der Waals surface area contributed by atoms with Gasteiger partial charge < -0.3 is 15.3 Å². The highest BCUT2D eigenvalue weighted by molar-refractivity contribution is 5.33. The molecule has 0 aromatic heterocycles. The molecule has 80 valence electrons. The van der Waals surface area contributed by atoms with E-state index in [0.717, 1.165) is 23.7 Å². The Morgan fingerprint density at radius 1 is 1.00 bits per heavy atom. The monoisotopic (exact) mass is 202 g/mol. The molecular weight excluding hydrogens is 188 g/mol. The first-order chi connectivity index (χ1) is 6.71. The molecule has 3 unspecified atom stereocenters. The molecule has 4 aliphatic rings. The van der Waals surface area contributed by atoms with Gasteiger partial charge in [0.25, 0.3) is 12.9 Å². The molecule has 4 rings (SSSR count). The summed E-state index contributed by atoms with van der Waals surface area (Å²) in [5, 5.41) is 23.1. The van der Waals surface area contributed by atoms with Crippen molar-refractivity contribution in [2.24, 2.45) is 23.7 Å². The van der Waals surface area contributed by atoms with E-state index in [1.54, 1.807) is 0 Å². The lowest BCUT2D eigenvalue weighted by molar-refractivity contribution is -0.123. The lowest BCUT2D eigenvalue weighted by Gasteiger charge is -2.03. The molecule has 4 bridgehead atoms. The average Bonchev–Trinajstić information content (AvgIpc) is 2.50. The van der Waals surface area contributed by atoms with E-state index in [1.165, 1.54) is 12.8 Å². The van der Waals surface area contributed by atoms with Crippen molar-refractivity contribution in [2.45, 2.75) is 18.9 Å². The maximum atomic E-state index is 9.35. The second-order valence-electron chi connectivity index (χ2n) is 3.84. The van der Waals surface area contributed by atoms with Gasteiger partial charge in [-0.05, 0) is 36.5 Å². The van der Waals surface area contributed by atoms with Crippen molar-refractivity contribution in [3.05, 3.63) is 0 Å². The number of aliphatic hydroxyl groups excluding tert-OH is 1.